The second kappa shape index (κ2) is 8.46. The first kappa shape index (κ1) is 19.7. The molecule has 160 valence electrons. The number of carbonyl (C=O) groups excluding carboxylic acids is 1. The van der Waals surface area contributed by atoms with Gasteiger partial charge >= 0.3 is 0 Å². The number of anilines is 1. The maximum atomic E-state index is 13.0. The van der Waals surface area contributed by atoms with Crippen LogP contribution in [0.25, 0.3) is 28.8 Å². The highest BCUT2D eigenvalue weighted by atomic mass is 16.2. The van der Waals surface area contributed by atoms with Crippen molar-refractivity contribution in [3.63, 3.8) is 0 Å². The molecule has 1 saturated carbocycles. The topological polar surface area (TPSA) is 103 Å². The minimum Gasteiger partial charge on any atom is -0.377 e. The summed E-state index contributed by atoms with van der Waals surface area (Å²) in [6.07, 6.45) is 12.4. The van der Waals surface area contributed by atoms with E-state index in [2.05, 4.69) is 41.9 Å². The van der Waals surface area contributed by atoms with Crippen LogP contribution in [0.15, 0.2) is 74.1 Å². The van der Waals surface area contributed by atoms with Crippen molar-refractivity contribution in [2.75, 3.05) is 5.32 Å². The van der Waals surface area contributed by atoms with Crippen molar-refractivity contribution in [2.24, 2.45) is 0 Å². The van der Waals surface area contributed by atoms with Gasteiger partial charge in [0.25, 0.3) is 5.91 Å². The first-order chi connectivity index (χ1) is 15.7. The highest BCUT2D eigenvalue weighted by Gasteiger charge is 2.26. The summed E-state index contributed by atoms with van der Waals surface area (Å²) in [7, 11) is 0. The highest BCUT2D eigenvalue weighted by molar-refractivity contribution is 5.97. The third-order valence-corrected chi connectivity index (χ3v) is 5.27. The molecule has 5 rings (SSSR count). The molecule has 0 bridgehead atoms. The average molecular weight is 426 g/mol. The van der Waals surface area contributed by atoms with E-state index >= 15 is 0 Å². The number of hydrogen-bond donors (Lipinski definition) is 2. The molecule has 1 aliphatic rings. The second-order valence-electron chi connectivity index (χ2n) is 7.55. The molecule has 3 aromatic heterocycles. The minimum atomic E-state index is -0.625. The summed E-state index contributed by atoms with van der Waals surface area (Å²) in [5.74, 6) is 0.592. The highest BCUT2D eigenvalue weighted by Crippen LogP contribution is 2.37. The number of fused-ring (bicyclic) bond motifs is 1. The number of amides is 1. The SMILES string of the molecule is C=CNC(/C=C/n1cnc2ncccc21)C(=O)Nc1cccc(-c2nncn2C2CC2)c1. The molecule has 1 fully saturated rings. The van der Waals surface area contributed by atoms with E-state index in [4.69, 9.17) is 0 Å². The van der Waals surface area contributed by atoms with E-state index in [9.17, 15) is 4.79 Å². The Labute approximate surface area is 184 Å². The Kier molecular flexibility index (Phi) is 5.20. The molecule has 9 heteroatoms. The molecule has 1 unspecified atom stereocenters. The zero-order valence-corrected chi connectivity index (χ0v) is 17.3. The van der Waals surface area contributed by atoms with Crippen LogP contribution in [0.1, 0.15) is 18.9 Å². The maximum Gasteiger partial charge on any atom is 0.250 e. The predicted molar refractivity (Wildman–Crippen MR) is 122 cm³/mol. The van der Waals surface area contributed by atoms with E-state index < -0.39 is 6.04 Å². The van der Waals surface area contributed by atoms with Crippen LogP contribution >= 0.6 is 0 Å². The van der Waals surface area contributed by atoms with Gasteiger partial charge in [0, 0.05) is 29.7 Å². The summed E-state index contributed by atoms with van der Waals surface area (Å²) < 4.78 is 3.91. The van der Waals surface area contributed by atoms with Gasteiger partial charge in [-0.05, 0) is 49.4 Å². The molecular weight excluding hydrogens is 404 g/mol. The number of benzene rings is 1. The van der Waals surface area contributed by atoms with E-state index in [1.807, 2.05) is 41.0 Å². The molecule has 1 aromatic carbocycles. The summed E-state index contributed by atoms with van der Waals surface area (Å²) in [5.41, 5.74) is 3.09. The third kappa shape index (κ3) is 4.00. The Hall–Kier alpha value is -4.27. The molecule has 3 heterocycles. The minimum absolute atomic E-state index is 0.218. The maximum absolute atomic E-state index is 13.0. The number of hydrogen-bond acceptors (Lipinski definition) is 6. The van der Waals surface area contributed by atoms with E-state index in [-0.39, 0.29) is 5.91 Å². The van der Waals surface area contributed by atoms with Gasteiger partial charge in [-0.2, -0.15) is 0 Å². The van der Waals surface area contributed by atoms with Gasteiger partial charge in [-0.1, -0.05) is 18.7 Å². The summed E-state index contributed by atoms with van der Waals surface area (Å²) in [5, 5.41) is 14.3. The molecular formula is C23H22N8O. The lowest BCUT2D eigenvalue weighted by Gasteiger charge is -2.14. The zero-order valence-electron chi connectivity index (χ0n) is 17.3. The predicted octanol–water partition coefficient (Wildman–Crippen LogP) is 3.24. The molecule has 0 spiro atoms. The summed E-state index contributed by atoms with van der Waals surface area (Å²) in [4.78, 5) is 21.4. The van der Waals surface area contributed by atoms with Crippen LogP contribution < -0.4 is 10.6 Å². The summed E-state index contributed by atoms with van der Waals surface area (Å²) >= 11 is 0. The monoisotopic (exact) mass is 426 g/mol. The van der Waals surface area contributed by atoms with Crippen molar-refractivity contribution in [3.8, 4) is 11.4 Å². The van der Waals surface area contributed by atoms with Crippen molar-refractivity contribution in [2.45, 2.75) is 24.9 Å². The van der Waals surface area contributed by atoms with Crippen molar-refractivity contribution in [1.82, 2.24) is 34.6 Å². The van der Waals surface area contributed by atoms with Crippen molar-refractivity contribution in [3.05, 3.63) is 74.1 Å². The quantitative estimate of drug-likeness (QED) is 0.448. The van der Waals surface area contributed by atoms with Gasteiger partial charge in [0.05, 0.1) is 5.52 Å². The first-order valence-corrected chi connectivity index (χ1v) is 10.4. The van der Waals surface area contributed by atoms with Gasteiger partial charge in [-0.3, -0.25) is 4.79 Å². The Balaban J connectivity index is 1.34. The smallest absolute Gasteiger partial charge is 0.250 e. The van der Waals surface area contributed by atoms with Crippen LogP contribution in [0.3, 0.4) is 0 Å². The lowest BCUT2D eigenvalue weighted by molar-refractivity contribution is -0.116. The average Bonchev–Trinajstić information content (AvgIpc) is 3.39. The van der Waals surface area contributed by atoms with Crippen LogP contribution in [-0.4, -0.2) is 41.2 Å². The lowest BCUT2D eigenvalue weighted by Crippen LogP contribution is -2.36. The summed E-state index contributed by atoms with van der Waals surface area (Å²) in [6.45, 7) is 3.69. The molecule has 9 nitrogen and oxygen atoms in total. The molecule has 1 atom stereocenters. The van der Waals surface area contributed by atoms with Crippen molar-refractivity contribution >= 4 is 29.0 Å². The lowest BCUT2D eigenvalue weighted by atomic mass is 10.1. The molecule has 1 amide bonds. The largest absolute Gasteiger partial charge is 0.377 e. The first-order valence-electron chi connectivity index (χ1n) is 10.4. The van der Waals surface area contributed by atoms with Crippen LogP contribution in [0.4, 0.5) is 5.69 Å². The van der Waals surface area contributed by atoms with Gasteiger partial charge in [0.1, 0.15) is 18.7 Å². The Morgan fingerprint density at radius 1 is 1.19 bits per heavy atom. The number of rotatable bonds is 8. The third-order valence-electron chi connectivity index (χ3n) is 5.27. The number of nitrogens with zero attached hydrogens (tertiary/aromatic N) is 6. The summed E-state index contributed by atoms with van der Waals surface area (Å²) in [6, 6.07) is 11.2. The van der Waals surface area contributed by atoms with Crippen LogP contribution in [0.5, 0.6) is 0 Å². The fourth-order valence-electron chi connectivity index (χ4n) is 3.54. The van der Waals surface area contributed by atoms with E-state index in [1.165, 1.54) is 6.20 Å². The van der Waals surface area contributed by atoms with Gasteiger partial charge in [-0.25, -0.2) is 9.97 Å². The molecule has 0 saturated heterocycles. The molecule has 1 aliphatic carbocycles. The van der Waals surface area contributed by atoms with Crippen LogP contribution in [0, 0.1) is 0 Å². The van der Waals surface area contributed by atoms with Gasteiger partial charge < -0.3 is 19.8 Å². The zero-order chi connectivity index (χ0) is 21.9. The fraction of sp³-hybridized carbons (Fsp3) is 0.174. The number of carbonyl (C=O) groups is 1. The van der Waals surface area contributed by atoms with Crippen molar-refractivity contribution in [1.29, 1.82) is 0 Å². The van der Waals surface area contributed by atoms with E-state index in [0.29, 0.717) is 17.4 Å². The second-order valence-corrected chi connectivity index (χ2v) is 7.55. The Morgan fingerprint density at radius 2 is 2.09 bits per heavy atom. The normalized spacial score (nSPS) is 14.5. The van der Waals surface area contributed by atoms with Gasteiger partial charge in [-0.15, -0.1) is 10.2 Å². The fourth-order valence-corrected chi connectivity index (χ4v) is 3.54. The molecule has 4 aromatic rings. The number of nitrogens with one attached hydrogen (secondary N) is 2. The number of imidazole rings is 1. The van der Waals surface area contributed by atoms with Gasteiger partial charge in [0.2, 0.25) is 0 Å². The number of aromatic nitrogens is 6. The number of pyridine rings is 1. The molecule has 0 radical (unpaired) electrons. The van der Waals surface area contributed by atoms with Gasteiger partial charge in [0.15, 0.2) is 11.5 Å². The molecule has 32 heavy (non-hydrogen) atoms. The standard InChI is InChI=1S/C23H22N8O/c1-2-24-19(10-12-30-14-26-21-20(30)7-4-11-25-21)23(32)28-17-6-3-5-16(13-17)22-29-27-15-31(22)18-8-9-18/h2-7,10-15,18-19,24H,1,8-9H2,(H,28,32)/b12-10+. The van der Waals surface area contributed by atoms with Crippen LogP contribution in [0.2, 0.25) is 0 Å². The van der Waals surface area contributed by atoms with E-state index in [1.54, 1.807) is 31.1 Å². The Morgan fingerprint density at radius 3 is 2.94 bits per heavy atom. The molecule has 0 aliphatic heterocycles. The van der Waals surface area contributed by atoms with E-state index in [0.717, 1.165) is 29.7 Å². The Bertz CT molecular complexity index is 1300. The molecule has 2 N–H and O–H groups in total. The van der Waals surface area contributed by atoms with Crippen molar-refractivity contribution < 1.29 is 4.79 Å². The van der Waals surface area contributed by atoms with Crippen LogP contribution in [-0.2, 0) is 4.79 Å².